The molecule has 1 aliphatic heterocycles. The highest BCUT2D eigenvalue weighted by Crippen LogP contribution is 2.27. The molecule has 0 atom stereocenters. The van der Waals surface area contributed by atoms with E-state index >= 15 is 0 Å². The summed E-state index contributed by atoms with van der Waals surface area (Å²) < 4.78 is 2.27. The summed E-state index contributed by atoms with van der Waals surface area (Å²) in [5, 5.41) is 3.70. The molecule has 3 aromatic carbocycles. The summed E-state index contributed by atoms with van der Waals surface area (Å²) >= 11 is 6.12. The van der Waals surface area contributed by atoms with E-state index < -0.39 is 0 Å². The van der Waals surface area contributed by atoms with Gasteiger partial charge in [-0.2, -0.15) is 0 Å². The SMILES string of the molecule is O=C(CCc1ccccc1)Nc1ccc(N2CCn3c(nc4cc(Cl)ccc43)C2)cc1. The second-order valence-corrected chi connectivity index (χ2v) is 8.25. The quantitative estimate of drug-likeness (QED) is 0.468. The first-order valence-corrected chi connectivity index (χ1v) is 10.9. The number of aromatic nitrogens is 2. The van der Waals surface area contributed by atoms with Gasteiger partial charge in [0, 0.05) is 35.9 Å². The summed E-state index contributed by atoms with van der Waals surface area (Å²) in [5.74, 6) is 1.07. The zero-order chi connectivity index (χ0) is 21.2. The summed E-state index contributed by atoms with van der Waals surface area (Å²) in [7, 11) is 0. The molecule has 5 nitrogen and oxygen atoms in total. The molecule has 31 heavy (non-hydrogen) atoms. The summed E-state index contributed by atoms with van der Waals surface area (Å²) in [6.45, 7) is 2.53. The number of carbonyl (C=O) groups is 1. The first-order chi connectivity index (χ1) is 15.2. The predicted octanol–water partition coefficient (Wildman–Crippen LogP) is 5.28. The summed E-state index contributed by atoms with van der Waals surface area (Å²) in [4.78, 5) is 19.4. The number of hydrogen-bond acceptors (Lipinski definition) is 3. The van der Waals surface area contributed by atoms with Gasteiger partial charge in [-0.05, 0) is 54.4 Å². The minimum atomic E-state index is 0.0296. The van der Waals surface area contributed by atoms with Gasteiger partial charge in [-0.1, -0.05) is 41.9 Å². The van der Waals surface area contributed by atoms with Crippen LogP contribution in [-0.2, 0) is 24.3 Å². The highest BCUT2D eigenvalue weighted by molar-refractivity contribution is 6.31. The van der Waals surface area contributed by atoms with Crippen LogP contribution >= 0.6 is 11.6 Å². The molecule has 0 saturated carbocycles. The lowest BCUT2D eigenvalue weighted by Gasteiger charge is -2.30. The normalized spacial score (nSPS) is 13.3. The van der Waals surface area contributed by atoms with Crippen LogP contribution in [0.1, 0.15) is 17.8 Å². The van der Waals surface area contributed by atoms with Gasteiger partial charge in [0.2, 0.25) is 5.91 Å². The number of rotatable bonds is 5. The number of hydrogen-bond donors (Lipinski definition) is 1. The summed E-state index contributed by atoms with van der Waals surface area (Å²) in [6.07, 6.45) is 1.21. The molecule has 0 bridgehead atoms. The molecule has 1 aliphatic rings. The van der Waals surface area contributed by atoms with E-state index in [1.54, 1.807) is 0 Å². The summed E-state index contributed by atoms with van der Waals surface area (Å²) in [6, 6.07) is 24.0. The highest BCUT2D eigenvalue weighted by Gasteiger charge is 2.20. The van der Waals surface area contributed by atoms with E-state index in [1.165, 1.54) is 5.56 Å². The molecule has 0 aliphatic carbocycles. The second kappa shape index (κ2) is 8.44. The fourth-order valence-electron chi connectivity index (χ4n) is 4.10. The Hall–Kier alpha value is -3.31. The molecular formula is C25H23ClN4O. The predicted molar refractivity (Wildman–Crippen MR) is 126 cm³/mol. The first kappa shape index (κ1) is 19.6. The van der Waals surface area contributed by atoms with Gasteiger partial charge in [0.25, 0.3) is 0 Å². The van der Waals surface area contributed by atoms with Crippen molar-refractivity contribution in [2.75, 3.05) is 16.8 Å². The molecule has 6 heteroatoms. The lowest BCUT2D eigenvalue weighted by atomic mass is 10.1. The van der Waals surface area contributed by atoms with Gasteiger partial charge >= 0.3 is 0 Å². The molecule has 0 fully saturated rings. The number of anilines is 2. The van der Waals surface area contributed by atoms with E-state index in [2.05, 4.69) is 26.9 Å². The topological polar surface area (TPSA) is 50.2 Å². The Morgan fingerprint density at radius 2 is 1.81 bits per heavy atom. The number of aryl methyl sites for hydroxylation is 1. The van der Waals surface area contributed by atoms with Crippen LogP contribution in [0.4, 0.5) is 11.4 Å². The van der Waals surface area contributed by atoms with Crippen LogP contribution in [0.25, 0.3) is 11.0 Å². The number of carbonyl (C=O) groups excluding carboxylic acids is 1. The van der Waals surface area contributed by atoms with Crippen molar-refractivity contribution in [3.8, 4) is 0 Å². The van der Waals surface area contributed by atoms with Crippen molar-refractivity contribution < 1.29 is 4.79 Å². The largest absolute Gasteiger partial charge is 0.362 e. The van der Waals surface area contributed by atoms with Gasteiger partial charge in [-0.3, -0.25) is 4.79 Å². The Labute approximate surface area is 186 Å². The Morgan fingerprint density at radius 3 is 2.61 bits per heavy atom. The molecule has 1 amide bonds. The Bertz CT molecular complexity index is 1220. The molecule has 5 rings (SSSR count). The molecule has 2 heterocycles. The smallest absolute Gasteiger partial charge is 0.224 e. The van der Waals surface area contributed by atoms with Crippen LogP contribution in [0.5, 0.6) is 0 Å². The minimum absolute atomic E-state index is 0.0296. The van der Waals surface area contributed by atoms with Crippen LogP contribution in [0.15, 0.2) is 72.8 Å². The number of benzene rings is 3. The average Bonchev–Trinajstić information content (AvgIpc) is 3.15. The number of imidazole rings is 1. The number of halogens is 1. The van der Waals surface area contributed by atoms with Gasteiger partial charge < -0.3 is 14.8 Å². The van der Waals surface area contributed by atoms with Crippen LogP contribution in [0.3, 0.4) is 0 Å². The molecule has 0 spiro atoms. The Kier molecular flexibility index (Phi) is 5.35. The zero-order valence-corrected chi connectivity index (χ0v) is 17.8. The van der Waals surface area contributed by atoms with Crippen molar-refractivity contribution in [3.05, 3.63) is 89.2 Å². The Morgan fingerprint density at radius 1 is 1.00 bits per heavy atom. The van der Waals surface area contributed by atoms with Crippen LogP contribution in [-0.4, -0.2) is 22.0 Å². The molecule has 0 saturated heterocycles. The number of nitrogens with zero attached hydrogens (tertiary/aromatic N) is 3. The van der Waals surface area contributed by atoms with Gasteiger partial charge in [0.15, 0.2) is 0 Å². The zero-order valence-electron chi connectivity index (χ0n) is 17.1. The van der Waals surface area contributed by atoms with E-state index in [-0.39, 0.29) is 5.91 Å². The number of amides is 1. The fourth-order valence-corrected chi connectivity index (χ4v) is 4.26. The van der Waals surface area contributed by atoms with Gasteiger partial charge in [-0.25, -0.2) is 4.98 Å². The van der Waals surface area contributed by atoms with Crippen LogP contribution < -0.4 is 10.2 Å². The highest BCUT2D eigenvalue weighted by atomic mass is 35.5. The van der Waals surface area contributed by atoms with E-state index in [0.29, 0.717) is 11.4 Å². The third-order valence-electron chi connectivity index (χ3n) is 5.71. The minimum Gasteiger partial charge on any atom is -0.362 e. The number of fused-ring (bicyclic) bond motifs is 3. The van der Waals surface area contributed by atoms with Crippen molar-refractivity contribution in [2.45, 2.75) is 25.9 Å². The van der Waals surface area contributed by atoms with E-state index in [0.717, 1.165) is 54.3 Å². The van der Waals surface area contributed by atoms with Gasteiger partial charge in [-0.15, -0.1) is 0 Å². The van der Waals surface area contributed by atoms with Crippen molar-refractivity contribution >= 4 is 39.9 Å². The molecule has 156 valence electrons. The third kappa shape index (κ3) is 4.28. The maximum Gasteiger partial charge on any atom is 0.224 e. The van der Waals surface area contributed by atoms with E-state index in [4.69, 9.17) is 16.6 Å². The molecule has 1 aromatic heterocycles. The third-order valence-corrected chi connectivity index (χ3v) is 5.95. The lowest BCUT2D eigenvalue weighted by Crippen LogP contribution is -2.33. The standard InChI is InChI=1S/C25H23ClN4O/c26-19-7-12-23-22(16-19)28-24-17-29(14-15-30(23)24)21-10-8-20(9-11-21)27-25(31)13-6-18-4-2-1-3-5-18/h1-5,7-12,16H,6,13-15,17H2,(H,27,31). The molecule has 0 radical (unpaired) electrons. The maximum absolute atomic E-state index is 12.3. The van der Waals surface area contributed by atoms with E-state index in [1.807, 2.05) is 60.7 Å². The maximum atomic E-state index is 12.3. The second-order valence-electron chi connectivity index (χ2n) is 7.81. The molecule has 0 unspecified atom stereocenters. The van der Waals surface area contributed by atoms with Gasteiger partial charge in [0.1, 0.15) is 5.82 Å². The van der Waals surface area contributed by atoms with Crippen molar-refractivity contribution in [3.63, 3.8) is 0 Å². The Balaban J connectivity index is 1.22. The van der Waals surface area contributed by atoms with E-state index in [9.17, 15) is 4.79 Å². The average molecular weight is 431 g/mol. The monoisotopic (exact) mass is 430 g/mol. The van der Waals surface area contributed by atoms with Crippen molar-refractivity contribution in [1.82, 2.24) is 9.55 Å². The van der Waals surface area contributed by atoms with Crippen LogP contribution in [0, 0.1) is 0 Å². The molecule has 1 N–H and O–H groups in total. The number of nitrogens with one attached hydrogen (secondary N) is 1. The molecule has 4 aromatic rings. The first-order valence-electron chi connectivity index (χ1n) is 10.5. The van der Waals surface area contributed by atoms with Gasteiger partial charge in [0.05, 0.1) is 17.6 Å². The molecular weight excluding hydrogens is 408 g/mol. The summed E-state index contributed by atoms with van der Waals surface area (Å²) in [5.41, 5.74) is 5.19. The van der Waals surface area contributed by atoms with Crippen molar-refractivity contribution in [2.24, 2.45) is 0 Å². The fraction of sp³-hybridized carbons (Fsp3) is 0.200. The lowest BCUT2D eigenvalue weighted by molar-refractivity contribution is -0.116. The van der Waals surface area contributed by atoms with Crippen LogP contribution in [0.2, 0.25) is 5.02 Å². The van der Waals surface area contributed by atoms with Crippen molar-refractivity contribution in [1.29, 1.82) is 0 Å².